The van der Waals surface area contributed by atoms with Crippen molar-refractivity contribution >= 4 is 55.2 Å². The number of carbonyl (C=O) groups excluding carboxylic acids is 2. The van der Waals surface area contributed by atoms with Gasteiger partial charge in [0, 0.05) is 4.47 Å². The van der Waals surface area contributed by atoms with Crippen molar-refractivity contribution in [2.75, 3.05) is 18.6 Å². The van der Waals surface area contributed by atoms with Crippen LogP contribution in [0.25, 0.3) is 11.0 Å². The predicted molar refractivity (Wildman–Crippen MR) is 135 cm³/mol. The molecule has 4 aromatic rings. The Morgan fingerprint density at radius 2 is 1.94 bits per heavy atom. The number of hydrogen-bond donors (Lipinski definition) is 0. The smallest absolute Gasteiger partial charge is 0.350 e. The van der Waals surface area contributed by atoms with E-state index >= 15 is 0 Å². The Balaban J connectivity index is 1.75. The van der Waals surface area contributed by atoms with E-state index in [4.69, 9.17) is 13.9 Å². The number of rotatable bonds is 5. The van der Waals surface area contributed by atoms with Gasteiger partial charge in [-0.3, -0.25) is 14.5 Å². The van der Waals surface area contributed by atoms with E-state index in [-0.39, 0.29) is 26.8 Å². The molecule has 0 spiro atoms. The van der Waals surface area contributed by atoms with Crippen LogP contribution in [-0.4, -0.2) is 30.6 Å². The standard InChI is InChI=1S/C25H19BrN2O6S/c1-4-33-15-8-5-13(6-9-15)19-18-20(29)16-11-14(26)7-10-17(16)34-21(18)23(30)28(19)25-27-12(2)22(35-25)24(31)32-3/h5-11,19H,4H2,1-3H3. The summed E-state index contributed by atoms with van der Waals surface area (Å²) in [5, 5.41) is 0.622. The van der Waals surface area contributed by atoms with E-state index in [1.165, 1.54) is 12.0 Å². The van der Waals surface area contributed by atoms with Gasteiger partial charge < -0.3 is 13.9 Å². The van der Waals surface area contributed by atoms with Crippen LogP contribution in [0.5, 0.6) is 5.75 Å². The fourth-order valence-corrected chi connectivity index (χ4v) is 5.51. The normalized spacial score (nSPS) is 14.9. The lowest BCUT2D eigenvalue weighted by Gasteiger charge is -2.22. The van der Waals surface area contributed by atoms with Crippen LogP contribution in [0.15, 0.2) is 56.1 Å². The monoisotopic (exact) mass is 554 g/mol. The van der Waals surface area contributed by atoms with Gasteiger partial charge in [-0.25, -0.2) is 9.78 Å². The van der Waals surface area contributed by atoms with Gasteiger partial charge in [0.05, 0.1) is 36.4 Å². The molecule has 5 rings (SSSR count). The van der Waals surface area contributed by atoms with E-state index < -0.39 is 17.9 Å². The summed E-state index contributed by atoms with van der Waals surface area (Å²) in [4.78, 5) is 45.8. The van der Waals surface area contributed by atoms with Gasteiger partial charge in [-0.2, -0.15) is 0 Å². The number of benzene rings is 2. The maximum absolute atomic E-state index is 13.7. The van der Waals surface area contributed by atoms with E-state index in [0.717, 1.165) is 11.3 Å². The SMILES string of the molecule is CCOc1ccc(C2c3c(oc4ccc(Br)cc4c3=O)C(=O)N2c2nc(C)c(C(=O)OC)s2)cc1. The minimum Gasteiger partial charge on any atom is -0.494 e. The van der Waals surface area contributed by atoms with E-state index in [2.05, 4.69) is 20.9 Å². The molecule has 1 aliphatic rings. The Bertz CT molecular complexity index is 1540. The van der Waals surface area contributed by atoms with Crippen LogP contribution in [0.3, 0.4) is 0 Å². The van der Waals surface area contributed by atoms with Crippen molar-refractivity contribution in [1.29, 1.82) is 0 Å². The molecule has 35 heavy (non-hydrogen) atoms. The zero-order valence-electron chi connectivity index (χ0n) is 19.0. The second kappa shape index (κ2) is 8.94. The first-order valence-corrected chi connectivity index (χ1v) is 12.3. The van der Waals surface area contributed by atoms with Crippen molar-refractivity contribution in [2.24, 2.45) is 0 Å². The molecule has 178 valence electrons. The molecule has 0 N–H and O–H groups in total. The lowest BCUT2D eigenvalue weighted by atomic mass is 9.98. The number of thiazole rings is 1. The summed E-state index contributed by atoms with van der Waals surface area (Å²) in [5.74, 6) is -0.431. The number of aryl methyl sites for hydroxylation is 1. The quantitative estimate of drug-likeness (QED) is 0.310. The van der Waals surface area contributed by atoms with Crippen LogP contribution in [0, 0.1) is 6.92 Å². The molecule has 1 aliphatic heterocycles. The van der Waals surface area contributed by atoms with Gasteiger partial charge in [0.25, 0.3) is 5.91 Å². The van der Waals surface area contributed by atoms with Gasteiger partial charge in [-0.15, -0.1) is 0 Å². The van der Waals surface area contributed by atoms with Gasteiger partial charge >= 0.3 is 5.97 Å². The maximum atomic E-state index is 13.7. The fraction of sp³-hybridized carbons (Fsp3) is 0.200. The summed E-state index contributed by atoms with van der Waals surface area (Å²) in [7, 11) is 1.28. The topological polar surface area (TPSA) is 98.9 Å². The van der Waals surface area contributed by atoms with E-state index in [0.29, 0.717) is 39.1 Å². The average molecular weight is 555 g/mol. The van der Waals surface area contributed by atoms with Crippen LogP contribution in [0.2, 0.25) is 0 Å². The number of amides is 1. The lowest BCUT2D eigenvalue weighted by molar-refractivity contribution is 0.0605. The van der Waals surface area contributed by atoms with E-state index in [9.17, 15) is 14.4 Å². The molecule has 3 heterocycles. The second-order valence-electron chi connectivity index (χ2n) is 7.80. The molecule has 2 aromatic heterocycles. The van der Waals surface area contributed by atoms with E-state index in [1.807, 2.05) is 6.92 Å². The summed E-state index contributed by atoms with van der Waals surface area (Å²) in [6, 6.07) is 11.4. The Hall–Kier alpha value is -3.50. The predicted octanol–water partition coefficient (Wildman–Crippen LogP) is 5.26. The van der Waals surface area contributed by atoms with Crippen LogP contribution in [0.1, 0.15) is 50.0 Å². The van der Waals surface area contributed by atoms with Crippen LogP contribution >= 0.6 is 27.3 Å². The Labute approximate surface area is 212 Å². The summed E-state index contributed by atoms with van der Waals surface area (Å²) >= 11 is 4.43. The van der Waals surface area contributed by atoms with Crippen LogP contribution in [0.4, 0.5) is 5.13 Å². The number of aromatic nitrogens is 1. The molecule has 0 bridgehead atoms. The average Bonchev–Trinajstić information content (AvgIpc) is 3.37. The first kappa shape index (κ1) is 23.3. The Morgan fingerprint density at radius 3 is 2.63 bits per heavy atom. The molecule has 0 radical (unpaired) electrons. The molecular formula is C25H19BrN2O6S. The largest absolute Gasteiger partial charge is 0.494 e. The molecule has 8 nitrogen and oxygen atoms in total. The molecular weight excluding hydrogens is 536 g/mol. The zero-order valence-corrected chi connectivity index (χ0v) is 21.4. The highest BCUT2D eigenvalue weighted by atomic mass is 79.9. The molecule has 0 saturated carbocycles. The van der Waals surface area contributed by atoms with Gasteiger partial charge in [0.15, 0.2) is 10.6 Å². The number of methoxy groups -OCH3 is 1. The highest BCUT2D eigenvalue weighted by Crippen LogP contribution is 2.43. The molecule has 1 unspecified atom stereocenters. The number of esters is 1. The number of hydrogen-bond acceptors (Lipinski definition) is 8. The highest BCUT2D eigenvalue weighted by molar-refractivity contribution is 9.10. The fourth-order valence-electron chi connectivity index (χ4n) is 4.14. The first-order chi connectivity index (χ1) is 16.8. The highest BCUT2D eigenvalue weighted by Gasteiger charge is 2.45. The molecule has 2 aromatic carbocycles. The van der Waals surface area contributed by atoms with Crippen molar-refractivity contribution in [1.82, 2.24) is 4.98 Å². The third kappa shape index (κ3) is 3.82. The Kier molecular flexibility index (Phi) is 5.94. The Morgan fingerprint density at radius 1 is 1.20 bits per heavy atom. The van der Waals surface area contributed by atoms with Crippen molar-refractivity contribution < 1.29 is 23.5 Å². The molecule has 0 aliphatic carbocycles. The minimum atomic E-state index is -0.802. The summed E-state index contributed by atoms with van der Waals surface area (Å²) in [5.41, 5.74) is 1.33. The molecule has 1 atom stereocenters. The summed E-state index contributed by atoms with van der Waals surface area (Å²) in [6.45, 7) is 4.07. The number of halogens is 1. The summed E-state index contributed by atoms with van der Waals surface area (Å²) < 4.78 is 17.1. The van der Waals surface area contributed by atoms with Crippen molar-refractivity contribution in [3.63, 3.8) is 0 Å². The van der Waals surface area contributed by atoms with Gasteiger partial charge in [0.1, 0.15) is 16.2 Å². The third-order valence-corrected chi connectivity index (χ3v) is 7.33. The lowest BCUT2D eigenvalue weighted by Crippen LogP contribution is -2.29. The van der Waals surface area contributed by atoms with Crippen molar-refractivity contribution in [3.8, 4) is 5.75 Å². The maximum Gasteiger partial charge on any atom is 0.350 e. The van der Waals surface area contributed by atoms with Crippen LogP contribution < -0.4 is 15.1 Å². The van der Waals surface area contributed by atoms with E-state index in [1.54, 1.807) is 49.4 Å². The molecule has 1 amide bonds. The number of anilines is 1. The molecule has 0 saturated heterocycles. The second-order valence-corrected chi connectivity index (χ2v) is 9.69. The number of fused-ring (bicyclic) bond motifs is 2. The summed E-state index contributed by atoms with van der Waals surface area (Å²) in [6.07, 6.45) is 0. The van der Waals surface area contributed by atoms with Gasteiger partial charge in [0.2, 0.25) is 5.76 Å². The van der Waals surface area contributed by atoms with Gasteiger partial charge in [-0.1, -0.05) is 39.4 Å². The molecule has 10 heteroatoms. The van der Waals surface area contributed by atoms with Crippen molar-refractivity contribution in [2.45, 2.75) is 19.9 Å². The number of carbonyl (C=O) groups is 2. The third-order valence-electron chi connectivity index (χ3n) is 5.70. The molecule has 0 fully saturated rings. The number of nitrogens with zero attached hydrogens (tertiary/aromatic N) is 2. The zero-order chi connectivity index (χ0) is 24.9. The minimum absolute atomic E-state index is 0.0452. The number of ether oxygens (including phenoxy) is 2. The van der Waals surface area contributed by atoms with Crippen molar-refractivity contribution in [3.05, 3.63) is 84.6 Å². The first-order valence-electron chi connectivity index (χ1n) is 10.7. The van der Waals surface area contributed by atoms with Gasteiger partial charge in [-0.05, 0) is 49.7 Å². The van der Waals surface area contributed by atoms with Crippen LogP contribution in [-0.2, 0) is 4.74 Å².